The average Bonchev–Trinajstić information content (AvgIpc) is 3.07. The molecule has 0 bridgehead atoms. The highest BCUT2D eigenvalue weighted by atomic mass is 15.3. The second-order valence-electron chi connectivity index (χ2n) is 7.60. The van der Waals surface area contributed by atoms with E-state index in [0.29, 0.717) is 6.04 Å². The minimum absolute atomic E-state index is 0.482. The summed E-state index contributed by atoms with van der Waals surface area (Å²) in [6.07, 6.45) is 3.11. The van der Waals surface area contributed by atoms with Crippen molar-refractivity contribution in [3.63, 3.8) is 0 Å². The van der Waals surface area contributed by atoms with Crippen molar-refractivity contribution in [2.75, 3.05) is 53.4 Å². The van der Waals surface area contributed by atoms with E-state index >= 15 is 0 Å². The van der Waals surface area contributed by atoms with Crippen LogP contribution in [0.1, 0.15) is 18.1 Å². The van der Waals surface area contributed by atoms with Crippen LogP contribution < -0.4 is 10.6 Å². The maximum atomic E-state index is 4.84. The van der Waals surface area contributed by atoms with Crippen LogP contribution in [0.15, 0.2) is 29.4 Å². The van der Waals surface area contributed by atoms with E-state index in [0.717, 1.165) is 51.6 Å². The van der Waals surface area contributed by atoms with E-state index in [-0.39, 0.29) is 0 Å². The highest BCUT2D eigenvalue weighted by Crippen LogP contribution is 2.22. The highest BCUT2D eigenvalue weighted by Gasteiger charge is 2.21. The van der Waals surface area contributed by atoms with Crippen molar-refractivity contribution < 1.29 is 0 Å². The van der Waals surface area contributed by atoms with Crippen LogP contribution in [0, 0.1) is 6.92 Å². The Kier molecular flexibility index (Phi) is 6.74. The molecule has 0 saturated carbocycles. The lowest BCUT2D eigenvalue weighted by Gasteiger charge is -2.36. The topological polar surface area (TPSA) is 58.7 Å². The van der Waals surface area contributed by atoms with Gasteiger partial charge < -0.3 is 20.5 Å². The van der Waals surface area contributed by atoms with Gasteiger partial charge in [-0.3, -0.25) is 9.89 Å². The molecule has 1 aliphatic rings. The van der Waals surface area contributed by atoms with Gasteiger partial charge in [0.2, 0.25) is 0 Å². The van der Waals surface area contributed by atoms with Crippen molar-refractivity contribution in [2.24, 2.45) is 4.99 Å². The van der Waals surface area contributed by atoms with Gasteiger partial charge in [-0.15, -0.1) is 0 Å². The summed E-state index contributed by atoms with van der Waals surface area (Å²) in [5, 5.41) is 8.23. The molecule has 1 atom stereocenters. The van der Waals surface area contributed by atoms with Crippen LogP contribution in [0.5, 0.6) is 0 Å². The largest absolute Gasteiger partial charge is 0.361 e. The quantitative estimate of drug-likeness (QED) is 0.536. The van der Waals surface area contributed by atoms with Crippen molar-refractivity contribution in [3.8, 4) is 0 Å². The normalized spacial score (nSPS) is 19.6. The lowest BCUT2D eigenvalue weighted by molar-refractivity contribution is 0.119. The zero-order valence-electron chi connectivity index (χ0n) is 17.2. The molecule has 1 aromatic heterocycles. The first-order chi connectivity index (χ1) is 13.1. The molecular weight excluding hydrogens is 336 g/mol. The molecule has 1 saturated heterocycles. The van der Waals surface area contributed by atoms with Gasteiger partial charge in [-0.05, 0) is 51.6 Å². The molecular formula is C21H34N6. The summed E-state index contributed by atoms with van der Waals surface area (Å²) in [6, 6.07) is 6.90. The smallest absolute Gasteiger partial charge is 0.191 e. The van der Waals surface area contributed by atoms with Crippen LogP contribution >= 0.6 is 0 Å². The third-order valence-electron chi connectivity index (χ3n) is 5.47. The molecule has 6 nitrogen and oxygen atoms in total. The molecule has 0 radical (unpaired) electrons. The fourth-order valence-electron chi connectivity index (χ4n) is 3.80. The first-order valence-corrected chi connectivity index (χ1v) is 10.0. The Hall–Kier alpha value is -2.05. The fraction of sp³-hybridized carbons (Fsp3) is 0.571. The molecule has 3 rings (SSSR count). The molecule has 0 aliphatic carbocycles. The number of nitrogens with one attached hydrogen (secondary N) is 3. The number of piperazine rings is 1. The average molecular weight is 371 g/mol. The summed E-state index contributed by atoms with van der Waals surface area (Å²) in [7, 11) is 4.39. The fourth-order valence-corrected chi connectivity index (χ4v) is 3.80. The number of aromatic nitrogens is 1. The van der Waals surface area contributed by atoms with E-state index in [1.54, 1.807) is 0 Å². The van der Waals surface area contributed by atoms with E-state index < -0.39 is 0 Å². The maximum Gasteiger partial charge on any atom is 0.191 e. The van der Waals surface area contributed by atoms with Crippen molar-refractivity contribution in [1.82, 2.24) is 25.4 Å². The van der Waals surface area contributed by atoms with E-state index in [2.05, 4.69) is 77.8 Å². The van der Waals surface area contributed by atoms with Gasteiger partial charge in [-0.2, -0.15) is 0 Å². The maximum absolute atomic E-state index is 4.84. The summed E-state index contributed by atoms with van der Waals surface area (Å²) in [5.74, 6) is 0.913. The number of rotatable bonds is 6. The Balaban J connectivity index is 1.57. The number of benzene rings is 1. The number of guanidine groups is 1. The number of fused-ring (bicyclic) bond motifs is 1. The third-order valence-corrected chi connectivity index (χ3v) is 5.47. The Morgan fingerprint density at radius 1 is 1.26 bits per heavy atom. The lowest BCUT2D eigenvalue weighted by Crippen LogP contribution is -2.51. The Bertz CT molecular complexity index is 765. The van der Waals surface area contributed by atoms with Gasteiger partial charge in [-0.25, -0.2) is 0 Å². The van der Waals surface area contributed by atoms with Crippen LogP contribution in [0.2, 0.25) is 0 Å². The molecule has 1 unspecified atom stereocenters. The van der Waals surface area contributed by atoms with Crippen LogP contribution in [0.3, 0.4) is 0 Å². The predicted molar refractivity (Wildman–Crippen MR) is 115 cm³/mol. The SMILES string of the molecule is CCNC(=NCC1CN(C)CCN1C)NCCc1c[nH]c2cccc(C)c12. The molecule has 2 aromatic rings. The molecule has 1 aliphatic heterocycles. The first kappa shape index (κ1) is 19.7. The second kappa shape index (κ2) is 9.24. The van der Waals surface area contributed by atoms with Crippen LogP contribution in [0.4, 0.5) is 0 Å². The van der Waals surface area contributed by atoms with E-state index in [1.165, 1.54) is 22.0 Å². The third kappa shape index (κ3) is 5.02. The minimum Gasteiger partial charge on any atom is -0.361 e. The number of H-pyrrole nitrogens is 1. The van der Waals surface area contributed by atoms with Gasteiger partial charge in [0.15, 0.2) is 5.96 Å². The Morgan fingerprint density at radius 3 is 2.93 bits per heavy atom. The molecule has 0 amide bonds. The molecule has 2 heterocycles. The summed E-state index contributed by atoms with van der Waals surface area (Å²) in [6.45, 7) is 10.2. The van der Waals surface area contributed by atoms with E-state index in [9.17, 15) is 0 Å². The van der Waals surface area contributed by atoms with Gasteiger partial charge in [0.25, 0.3) is 0 Å². The monoisotopic (exact) mass is 370 g/mol. The highest BCUT2D eigenvalue weighted by molar-refractivity contribution is 5.86. The van der Waals surface area contributed by atoms with Crippen molar-refractivity contribution in [3.05, 3.63) is 35.5 Å². The standard InChI is InChI=1S/C21H34N6/c1-5-22-21(25-14-18-15-26(3)11-12-27(18)4)23-10-9-17-13-24-19-8-6-7-16(2)20(17)19/h6-8,13,18,24H,5,9-12,14-15H2,1-4H3,(H2,22,23,25). The first-order valence-electron chi connectivity index (χ1n) is 10.0. The minimum atomic E-state index is 0.482. The Morgan fingerprint density at radius 2 is 2.11 bits per heavy atom. The number of aromatic amines is 1. The van der Waals surface area contributed by atoms with Gasteiger partial charge in [0.05, 0.1) is 6.54 Å². The number of hydrogen-bond acceptors (Lipinski definition) is 3. The molecule has 148 valence electrons. The zero-order chi connectivity index (χ0) is 19.2. The van der Waals surface area contributed by atoms with Crippen molar-refractivity contribution in [2.45, 2.75) is 26.3 Å². The summed E-state index contributed by atoms with van der Waals surface area (Å²) >= 11 is 0. The van der Waals surface area contributed by atoms with Crippen LogP contribution in [-0.2, 0) is 6.42 Å². The van der Waals surface area contributed by atoms with Crippen molar-refractivity contribution in [1.29, 1.82) is 0 Å². The number of aryl methyl sites for hydroxylation is 1. The molecule has 3 N–H and O–H groups in total. The number of nitrogens with zero attached hydrogens (tertiary/aromatic N) is 3. The molecule has 0 spiro atoms. The molecule has 1 fully saturated rings. The molecule has 27 heavy (non-hydrogen) atoms. The van der Waals surface area contributed by atoms with Gasteiger partial charge in [0, 0.05) is 55.9 Å². The van der Waals surface area contributed by atoms with Gasteiger partial charge >= 0.3 is 0 Å². The van der Waals surface area contributed by atoms with Crippen LogP contribution in [-0.4, -0.2) is 80.1 Å². The van der Waals surface area contributed by atoms with E-state index in [4.69, 9.17) is 4.99 Å². The summed E-state index contributed by atoms with van der Waals surface area (Å²) in [4.78, 5) is 13.0. The van der Waals surface area contributed by atoms with Gasteiger partial charge in [0.1, 0.15) is 0 Å². The number of likely N-dealkylation sites (N-methyl/N-ethyl adjacent to an activating group) is 2. The summed E-state index contributed by atoms with van der Waals surface area (Å²) < 4.78 is 0. The van der Waals surface area contributed by atoms with E-state index in [1.807, 2.05) is 0 Å². The second-order valence-corrected chi connectivity index (χ2v) is 7.60. The summed E-state index contributed by atoms with van der Waals surface area (Å²) in [5.41, 5.74) is 3.91. The van der Waals surface area contributed by atoms with Crippen LogP contribution in [0.25, 0.3) is 10.9 Å². The molecule has 6 heteroatoms. The van der Waals surface area contributed by atoms with Crippen molar-refractivity contribution >= 4 is 16.9 Å². The number of aliphatic imine (C=N–C) groups is 1. The number of hydrogen-bond donors (Lipinski definition) is 3. The zero-order valence-corrected chi connectivity index (χ0v) is 17.2. The Labute approximate surface area is 163 Å². The predicted octanol–water partition coefficient (Wildman–Crippen LogP) is 1.82. The lowest BCUT2D eigenvalue weighted by atomic mass is 10.1. The van der Waals surface area contributed by atoms with Gasteiger partial charge in [-0.1, -0.05) is 12.1 Å². The molecule has 1 aromatic carbocycles.